The lowest BCUT2D eigenvalue weighted by atomic mass is 9.65. The molecule has 1 spiro atoms. The second-order valence-corrected chi connectivity index (χ2v) is 4.97. The summed E-state index contributed by atoms with van der Waals surface area (Å²) in [6, 6.07) is 0. The van der Waals surface area contributed by atoms with E-state index in [0.29, 0.717) is 11.5 Å². The smallest absolute Gasteiger partial charge is 0.0649 e. The van der Waals surface area contributed by atoms with Crippen LogP contribution in [0.1, 0.15) is 32.1 Å². The first-order valence-electron chi connectivity index (χ1n) is 4.46. The number of hydrogen-bond acceptors (Lipinski definition) is 1. The molecule has 0 saturated heterocycles. The maximum absolute atomic E-state index is 5.46. The van der Waals surface area contributed by atoms with Gasteiger partial charge in [-0.05, 0) is 19.3 Å². The molecule has 0 N–H and O–H groups in total. The predicted octanol–water partition coefficient (Wildman–Crippen LogP) is 2.73. The first kappa shape index (κ1) is 8.06. The summed E-state index contributed by atoms with van der Waals surface area (Å²) in [6.07, 6.45) is 7.33. The predicted molar refractivity (Wildman–Crippen MR) is 49.0 cm³/mol. The monoisotopic (exact) mass is 218 g/mol. The Hall–Kier alpha value is 0.440. The SMILES string of the molecule is COC1CC(Br)C12CCCC2. The van der Waals surface area contributed by atoms with Crippen LogP contribution in [0.2, 0.25) is 0 Å². The van der Waals surface area contributed by atoms with Crippen molar-refractivity contribution in [3.8, 4) is 0 Å². The van der Waals surface area contributed by atoms with Gasteiger partial charge in [0.25, 0.3) is 0 Å². The summed E-state index contributed by atoms with van der Waals surface area (Å²) in [5.41, 5.74) is 0.536. The molecule has 2 aliphatic carbocycles. The van der Waals surface area contributed by atoms with Gasteiger partial charge in [0.15, 0.2) is 0 Å². The van der Waals surface area contributed by atoms with Crippen molar-refractivity contribution in [2.24, 2.45) is 5.41 Å². The Morgan fingerprint density at radius 1 is 1.36 bits per heavy atom. The third-order valence-corrected chi connectivity index (χ3v) is 4.79. The molecule has 0 bridgehead atoms. The standard InChI is InChI=1S/C9H15BrO/c1-11-8-6-7(10)9(8)4-2-3-5-9/h7-8H,2-6H2,1H3. The number of methoxy groups -OCH3 is 1. The molecule has 0 amide bonds. The molecule has 0 aromatic heterocycles. The van der Waals surface area contributed by atoms with Crippen LogP contribution in [0.5, 0.6) is 0 Å². The number of alkyl halides is 1. The molecular formula is C9H15BrO. The minimum absolute atomic E-state index is 0.536. The van der Waals surface area contributed by atoms with Gasteiger partial charge in [-0.15, -0.1) is 0 Å². The van der Waals surface area contributed by atoms with Gasteiger partial charge >= 0.3 is 0 Å². The van der Waals surface area contributed by atoms with Crippen molar-refractivity contribution in [1.82, 2.24) is 0 Å². The molecule has 1 nitrogen and oxygen atoms in total. The summed E-state index contributed by atoms with van der Waals surface area (Å²) in [5.74, 6) is 0. The van der Waals surface area contributed by atoms with E-state index in [0.717, 1.165) is 4.83 Å². The molecule has 2 fully saturated rings. The van der Waals surface area contributed by atoms with E-state index in [1.807, 2.05) is 7.11 Å². The van der Waals surface area contributed by atoms with Crippen LogP contribution in [0.3, 0.4) is 0 Å². The molecule has 0 radical (unpaired) electrons. The van der Waals surface area contributed by atoms with Crippen LogP contribution < -0.4 is 0 Å². The lowest BCUT2D eigenvalue weighted by Gasteiger charge is -2.51. The average Bonchev–Trinajstić information content (AvgIpc) is 2.50. The molecule has 0 aliphatic heterocycles. The molecular weight excluding hydrogens is 204 g/mol. The molecule has 2 atom stereocenters. The van der Waals surface area contributed by atoms with Crippen LogP contribution in [0.4, 0.5) is 0 Å². The van der Waals surface area contributed by atoms with Crippen molar-refractivity contribution in [3.05, 3.63) is 0 Å². The Morgan fingerprint density at radius 3 is 2.45 bits per heavy atom. The van der Waals surface area contributed by atoms with Gasteiger partial charge in [0.1, 0.15) is 0 Å². The van der Waals surface area contributed by atoms with E-state index in [4.69, 9.17) is 4.74 Å². The molecule has 64 valence electrons. The molecule has 2 saturated carbocycles. The highest BCUT2D eigenvalue weighted by Crippen LogP contribution is 2.57. The summed E-state index contributed by atoms with van der Waals surface area (Å²) < 4.78 is 5.46. The molecule has 0 heterocycles. The van der Waals surface area contributed by atoms with Crippen molar-refractivity contribution < 1.29 is 4.74 Å². The Labute approximate surface area is 76.6 Å². The van der Waals surface area contributed by atoms with Gasteiger partial charge in [0.05, 0.1) is 6.10 Å². The van der Waals surface area contributed by atoms with E-state index in [9.17, 15) is 0 Å². The fourth-order valence-corrected chi connectivity index (χ4v) is 3.79. The molecule has 2 rings (SSSR count). The molecule has 0 aromatic carbocycles. The van der Waals surface area contributed by atoms with E-state index in [1.165, 1.54) is 32.1 Å². The highest BCUT2D eigenvalue weighted by atomic mass is 79.9. The third kappa shape index (κ3) is 0.988. The van der Waals surface area contributed by atoms with Crippen LogP contribution in [0.15, 0.2) is 0 Å². The minimum atomic E-state index is 0.536. The lowest BCUT2D eigenvalue weighted by molar-refractivity contribution is -0.0780. The van der Waals surface area contributed by atoms with Gasteiger partial charge in [-0.3, -0.25) is 0 Å². The van der Waals surface area contributed by atoms with Gasteiger partial charge in [0.2, 0.25) is 0 Å². The van der Waals surface area contributed by atoms with Crippen molar-refractivity contribution >= 4 is 15.9 Å². The van der Waals surface area contributed by atoms with E-state index in [-0.39, 0.29) is 0 Å². The fourth-order valence-electron chi connectivity index (χ4n) is 2.70. The van der Waals surface area contributed by atoms with Crippen LogP contribution in [-0.2, 0) is 4.74 Å². The number of hydrogen-bond donors (Lipinski definition) is 0. The van der Waals surface area contributed by atoms with Crippen LogP contribution in [0.25, 0.3) is 0 Å². The zero-order valence-electron chi connectivity index (χ0n) is 6.98. The van der Waals surface area contributed by atoms with Crippen LogP contribution >= 0.6 is 15.9 Å². The number of rotatable bonds is 1. The van der Waals surface area contributed by atoms with Crippen LogP contribution in [-0.4, -0.2) is 18.0 Å². The third-order valence-electron chi connectivity index (χ3n) is 3.51. The second kappa shape index (κ2) is 2.74. The zero-order valence-corrected chi connectivity index (χ0v) is 8.56. The van der Waals surface area contributed by atoms with Crippen molar-refractivity contribution in [1.29, 1.82) is 0 Å². The first-order chi connectivity index (χ1) is 5.29. The summed E-state index contributed by atoms with van der Waals surface area (Å²) >= 11 is 3.75. The topological polar surface area (TPSA) is 9.23 Å². The lowest BCUT2D eigenvalue weighted by Crippen LogP contribution is -2.53. The average molecular weight is 219 g/mol. The van der Waals surface area contributed by atoms with Gasteiger partial charge in [-0.25, -0.2) is 0 Å². The zero-order chi connectivity index (χ0) is 7.90. The van der Waals surface area contributed by atoms with Crippen molar-refractivity contribution in [2.45, 2.75) is 43.0 Å². The molecule has 11 heavy (non-hydrogen) atoms. The van der Waals surface area contributed by atoms with E-state index in [2.05, 4.69) is 15.9 Å². The normalized spacial score (nSPS) is 40.9. The highest BCUT2D eigenvalue weighted by molar-refractivity contribution is 9.09. The highest BCUT2D eigenvalue weighted by Gasteiger charge is 2.55. The maximum atomic E-state index is 5.46. The Morgan fingerprint density at radius 2 is 2.00 bits per heavy atom. The second-order valence-electron chi connectivity index (χ2n) is 3.87. The Balaban J connectivity index is 2.08. The summed E-state index contributed by atoms with van der Waals surface area (Å²) in [4.78, 5) is 0.738. The van der Waals surface area contributed by atoms with Crippen molar-refractivity contribution in [2.75, 3.05) is 7.11 Å². The first-order valence-corrected chi connectivity index (χ1v) is 5.38. The molecule has 0 aromatic rings. The van der Waals surface area contributed by atoms with E-state index >= 15 is 0 Å². The molecule has 2 heteroatoms. The number of halogens is 1. The van der Waals surface area contributed by atoms with Gasteiger partial charge in [0, 0.05) is 17.4 Å². The van der Waals surface area contributed by atoms with Crippen LogP contribution in [0, 0.1) is 5.41 Å². The Bertz CT molecular complexity index is 152. The number of ether oxygens (including phenoxy) is 1. The summed E-state index contributed by atoms with van der Waals surface area (Å²) in [6.45, 7) is 0. The summed E-state index contributed by atoms with van der Waals surface area (Å²) in [7, 11) is 1.85. The maximum Gasteiger partial charge on any atom is 0.0649 e. The largest absolute Gasteiger partial charge is 0.381 e. The van der Waals surface area contributed by atoms with Gasteiger partial charge < -0.3 is 4.74 Å². The van der Waals surface area contributed by atoms with E-state index < -0.39 is 0 Å². The fraction of sp³-hybridized carbons (Fsp3) is 1.00. The van der Waals surface area contributed by atoms with E-state index in [1.54, 1.807) is 0 Å². The quantitative estimate of drug-likeness (QED) is 0.616. The molecule has 2 aliphatic rings. The van der Waals surface area contributed by atoms with Gasteiger partial charge in [-0.1, -0.05) is 28.8 Å². The van der Waals surface area contributed by atoms with Crippen molar-refractivity contribution in [3.63, 3.8) is 0 Å². The van der Waals surface area contributed by atoms with Gasteiger partial charge in [-0.2, -0.15) is 0 Å². The summed E-state index contributed by atoms with van der Waals surface area (Å²) in [5, 5.41) is 0. The Kier molecular flexibility index (Phi) is 2.00. The minimum Gasteiger partial charge on any atom is -0.381 e. The molecule has 2 unspecified atom stereocenters.